The summed E-state index contributed by atoms with van der Waals surface area (Å²) in [6.45, 7) is 0. The predicted molar refractivity (Wildman–Crippen MR) is 81.8 cm³/mol. The Kier molecular flexibility index (Phi) is 5.03. The molecule has 0 atom stereocenters. The van der Waals surface area contributed by atoms with Gasteiger partial charge in [0.2, 0.25) is 5.75 Å². The number of halogens is 4. The summed E-state index contributed by atoms with van der Waals surface area (Å²) in [4.78, 5) is 10.5. The van der Waals surface area contributed by atoms with Crippen LogP contribution in [-0.2, 0) is 5.88 Å². The van der Waals surface area contributed by atoms with E-state index in [0.717, 1.165) is 6.07 Å². The number of hydrogen-bond donors (Lipinski definition) is 0. The topological polar surface area (TPSA) is 52.4 Å². The third-order valence-electron chi connectivity index (χ3n) is 2.57. The van der Waals surface area contributed by atoms with Crippen LogP contribution in [0.5, 0.6) is 11.5 Å². The van der Waals surface area contributed by atoms with E-state index in [0.29, 0.717) is 10.0 Å². The number of nitrogens with zero attached hydrogens (tertiary/aromatic N) is 1. The van der Waals surface area contributed by atoms with Gasteiger partial charge >= 0.3 is 5.69 Å². The van der Waals surface area contributed by atoms with Crippen molar-refractivity contribution in [1.29, 1.82) is 0 Å². The Balaban J connectivity index is 2.44. The molecule has 0 radical (unpaired) electrons. The zero-order valence-corrected chi connectivity index (χ0v) is 13.4. The average Bonchev–Trinajstić information content (AvgIpc) is 2.44. The molecule has 8 heteroatoms. The van der Waals surface area contributed by atoms with E-state index in [9.17, 15) is 14.5 Å². The highest BCUT2D eigenvalue weighted by Crippen LogP contribution is 2.37. The van der Waals surface area contributed by atoms with Gasteiger partial charge in [-0.05, 0) is 33.6 Å². The molecule has 0 heterocycles. The van der Waals surface area contributed by atoms with Crippen molar-refractivity contribution in [2.75, 3.05) is 0 Å². The number of alkyl halides is 1. The second kappa shape index (κ2) is 6.60. The number of nitro groups is 1. The largest absolute Gasteiger partial charge is 0.449 e. The van der Waals surface area contributed by atoms with E-state index in [-0.39, 0.29) is 28.1 Å². The van der Waals surface area contributed by atoms with Gasteiger partial charge < -0.3 is 4.74 Å². The molecule has 21 heavy (non-hydrogen) atoms. The van der Waals surface area contributed by atoms with E-state index in [1.165, 1.54) is 18.2 Å². The summed E-state index contributed by atoms with van der Waals surface area (Å²) in [6, 6.07) is 6.67. The number of nitro benzene ring substituents is 1. The Hall–Kier alpha value is -1.37. The molecular weight excluding hydrogens is 388 g/mol. The highest BCUT2D eigenvalue weighted by Gasteiger charge is 2.18. The maximum absolute atomic E-state index is 13.5. The van der Waals surface area contributed by atoms with E-state index in [1.807, 2.05) is 0 Å². The highest BCUT2D eigenvalue weighted by molar-refractivity contribution is 9.10. The molecule has 0 aliphatic heterocycles. The molecule has 4 nitrogen and oxygen atoms in total. The van der Waals surface area contributed by atoms with Gasteiger partial charge in [0.25, 0.3) is 0 Å². The van der Waals surface area contributed by atoms with Crippen LogP contribution < -0.4 is 4.74 Å². The van der Waals surface area contributed by atoms with Crippen LogP contribution in [-0.4, -0.2) is 4.92 Å². The van der Waals surface area contributed by atoms with Gasteiger partial charge in [0.05, 0.1) is 14.4 Å². The van der Waals surface area contributed by atoms with Crippen molar-refractivity contribution in [2.24, 2.45) is 0 Å². The van der Waals surface area contributed by atoms with Gasteiger partial charge in [-0.15, -0.1) is 11.6 Å². The number of rotatable bonds is 4. The lowest BCUT2D eigenvalue weighted by Crippen LogP contribution is -1.96. The van der Waals surface area contributed by atoms with Crippen molar-refractivity contribution in [3.8, 4) is 11.5 Å². The Morgan fingerprint density at radius 1 is 1.29 bits per heavy atom. The first-order valence-corrected chi connectivity index (χ1v) is 7.28. The van der Waals surface area contributed by atoms with Crippen LogP contribution in [0.3, 0.4) is 0 Å². The molecule has 0 saturated heterocycles. The predicted octanol–water partition coefficient (Wildman–Crippen LogP) is 5.68. The summed E-state index contributed by atoms with van der Waals surface area (Å²) in [5.41, 5.74) is 0.326. The van der Waals surface area contributed by atoms with Crippen LogP contribution in [0.15, 0.2) is 34.8 Å². The van der Waals surface area contributed by atoms with Crippen molar-refractivity contribution < 1.29 is 14.1 Å². The summed E-state index contributed by atoms with van der Waals surface area (Å²) >= 11 is 14.4. The highest BCUT2D eigenvalue weighted by atomic mass is 79.9. The molecule has 0 saturated carbocycles. The minimum atomic E-state index is -0.685. The quantitative estimate of drug-likeness (QED) is 0.290. The van der Waals surface area contributed by atoms with Gasteiger partial charge in [0, 0.05) is 18.0 Å². The molecular formula is C13H7BrCl2FNO3. The van der Waals surface area contributed by atoms with Crippen molar-refractivity contribution in [1.82, 2.24) is 0 Å². The van der Waals surface area contributed by atoms with Crippen LogP contribution in [0, 0.1) is 15.9 Å². The van der Waals surface area contributed by atoms with E-state index in [1.54, 1.807) is 6.07 Å². The smallest absolute Gasteiger partial charge is 0.311 e. The average molecular weight is 395 g/mol. The number of benzene rings is 2. The van der Waals surface area contributed by atoms with E-state index < -0.39 is 10.7 Å². The van der Waals surface area contributed by atoms with Crippen LogP contribution in [0.25, 0.3) is 0 Å². The molecule has 2 aromatic rings. The molecule has 0 fully saturated rings. The molecule has 0 N–H and O–H groups in total. The van der Waals surface area contributed by atoms with Gasteiger partial charge in [-0.3, -0.25) is 10.1 Å². The SMILES string of the molecule is O=[N+]([O-])c1cc(CCl)ccc1Oc1cc(F)c(Cl)cc1Br. The van der Waals surface area contributed by atoms with Gasteiger partial charge in [-0.2, -0.15) is 0 Å². The third kappa shape index (κ3) is 3.64. The van der Waals surface area contributed by atoms with Gasteiger partial charge in [-0.1, -0.05) is 17.7 Å². The first kappa shape index (κ1) is 16.0. The second-order valence-corrected chi connectivity index (χ2v) is 5.52. The van der Waals surface area contributed by atoms with Crippen molar-refractivity contribution in [3.05, 3.63) is 61.3 Å². The fourth-order valence-electron chi connectivity index (χ4n) is 1.58. The van der Waals surface area contributed by atoms with E-state index >= 15 is 0 Å². The van der Waals surface area contributed by atoms with Gasteiger partial charge in [0.15, 0.2) is 0 Å². The minimum absolute atomic E-state index is 0.0173. The summed E-state index contributed by atoms with van der Waals surface area (Å²) in [6.07, 6.45) is 0. The van der Waals surface area contributed by atoms with Crippen molar-refractivity contribution >= 4 is 44.8 Å². The molecule has 110 valence electrons. The van der Waals surface area contributed by atoms with E-state index in [4.69, 9.17) is 27.9 Å². The molecule has 0 unspecified atom stereocenters. The molecule has 0 bridgehead atoms. The van der Waals surface area contributed by atoms with Crippen LogP contribution >= 0.6 is 39.1 Å². The lowest BCUT2D eigenvalue weighted by molar-refractivity contribution is -0.385. The summed E-state index contributed by atoms with van der Waals surface area (Å²) in [5, 5.41) is 11.0. The molecule has 0 aliphatic carbocycles. The summed E-state index contributed by atoms with van der Waals surface area (Å²) < 4.78 is 19.2. The third-order valence-corrected chi connectivity index (χ3v) is 3.79. The lowest BCUT2D eigenvalue weighted by Gasteiger charge is -2.09. The zero-order valence-electron chi connectivity index (χ0n) is 10.3. The standard InChI is InChI=1S/C13H7BrCl2FNO3/c14-8-4-9(16)10(17)5-13(8)21-12-2-1-7(6-15)3-11(12)18(19)20/h1-5H,6H2. The Bertz CT molecular complexity index is 712. The maximum Gasteiger partial charge on any atom is 0.311 e. The van der Waals surface area contributed by atoms with Crippen LogP contribution in [0.4, 0.5) is 10.1 Å². The molecule has 0 spiro atoms. The first-order chi connectivity index (χ1) is 9.92. The fourth-order valence-corrected chi connectivity index (χ4v) is 2.46. The molecule has 0 amide bonds. The number of ether oxygens (including phenoxy) is 1. The number of hydrogen-bond acceptors (Lipinski definition) is 3. The zero-order chi connectivity index (χ0) is 15.6. The lowest BCUT2D eigenvalue weighted by atomic mass is 10.2. The first-order valence-electron chi connectivity index (χ1n) is 5.58. The Labute approximate surface area is 137 Å². The summed E-state index contributed by atoms with van der Waals surface area (Å²) in [5.74, 6) is -0.481. The molecule has 0 aromatic heterocycles. The summed E-state index contributed by atoms with van der Waals surface area (Å²) in [7, 11) is 0. The Morgan fingerprint density at radius 2 is 2.00 bits per heavy atom. The molecule has 0 aliphatic rings. The monoisotopic (exact) mass is 393 g/mol. The van der Waals surface area contributed by atoms with Gasteiger partial charge in [-0.25, -0.2) is 4.39 Å². The molecule has 2 rings (SSSR count). The molecule has 2 aromatic carbocycles. The van der Waals surface area contributed by atoms with Crippen molar-refractivity contribution in [3.63, 3.8) is 0 Å². The normalized spacial score (nSPS) is 10.5. The Morgan fingerprint density at radius 3 is 2.62 bits per heavy atom. The second-order valence-electron chi connectivity index (χ2n) is 3.99. The van der Waals surface area contributed by atoms with Crippen LogP contribution in [0.2, 0.25) is 5.02 Å². The van der Waals surface area contributed by atoms with Gasteiger partial charge in [0.1, 0.15) is 11.6 Å². The minimum Gasteiger partial charge on any atom is -0.449 e. The fraction of sp³-hybridized carbons (Fsp3) is 0.0769. The maximum atomic E-state index is 13.5. The van der Waals surface area contributed by atoms with Crippen LogP contribution in [0.1, 0.15) is 5.56 Å². The van der Waals surface area contributed by atoms with Crippen molar-refractivity contribution in [2.45, 2.75) is 5.88 Å². The van der Waals surface area contributed by atoms with E-state index in [2.05, 4.69) is 15.9 Å².